The van der Waals surface area contributed by atoms with Gasteiger partial charge in [0.25, 0.3) is 0 Å². The van der Waals surface area contributed by atoms with Gasteiger partial charge in [0, 0.05) is 29.4 Å². The lowest BCUT2D eigenvalue weighted by atomic mass is 9.99. The average Bonchev–Trinajstić information content (AvgIpc) is 3.01. The van der Waals surface area contributed by atoms with Crippen LogP contribution in [0.3, 0.4) is 0 Å². The molecule has 2 aromatic rings. The molecule has 4 heteroatoms. The number of anilines is 1. The number of piperidine rings is 1. The first kappa shape index (κ1) is 12.6. The topological polar surface area (TPSA) is 37.0 Å². The second kappa shape index (κ2) is 6.17. The van der Waals surface area contributed by atoms with Crippen LogP contribution < -0.4 is 10.6 Å². The van der Waals surface area contributed by atoms with Gasteiger partial charge in [-0.3, -0.25) is 0 Å². The molecule has 100 valence electrons. The highest BCUT2D eigenvalue weighted by molar-refractivity contribution is 7.13. The van der Waals surface area contributed by atoms with Crippen LogP contribution in [0.1, 0.15) is 12.8 Å². The van der Waals surface area contributed by atoms with Crippen molar-refractivity contribution < 1.29 is 0 Å². The molecule has 0 amide bonds. The molecule has 1 aromatic carbocycles. The monoisotopic (exact) mass is 273 g/mol. The Morgan fingerprint density at radius 1 is 1.42 bits per heavy atom. The smallest absolute Gasteiger partial charge is 0.123 e. The zero-order valence-electron chi connectivity index (χ0n) is 10.9. The van der Waals surface area contributed by atoms with Gasteiger partial charge in [0.05, 0.1) is 0 Å². The van der Waals surface area contributed by atoms with Gasteiger partial charge in [-0.05, 0) is 44.0 Å². The summed E-state index contributed by atoms with van der Waals surface area (Å²) in [6, 6.07) is 8.53. The minimum absolute atomic E-state index is 0.747. The number of hydrogen-bond donors (Lipinski definition) is 2. The fourth-order valence-corrected chi connectivity index (χ4v) is 3.12. The van der Waals surface area contributed by atoms with E-state index in [4.69, 9.17) is 0 Å². The zero-order chi connectivity index (χ0) is 12.9. The molecule has 1 aliphatic rings. The van der Waals surface area contributed by atoms with Crippen LogP contribution in [0.5, 0.6) is 0 Å². The molecule has 1 saturated heterocycles. The van der Waals surface area contributed by atoms with Crippen LogP contribution in [0, 0.1) is 5.92 Å². The van der Waals surface area contributed by atoms with E-state index in [0.29, 0.717) is 0 Å². The summed E-state index contributed by atoms with van der Waals surface area (Å²) in [5, 5.41) is 10.1. The van der Waals surface area contributed by atoms with Gasteiger partial charge in [-0.1, -0.05) is 12.1 Å². The van der Waals surface area contributed by atoms with Gasteiger partial charge in [-0.15, -0.1) is 11.3 Å². The highest BCUT2D eigenvalue weighted by Gasteiger charge is 2.12. The number of rotatable bonds is 4. The van der Waals surface area contributed by atoms with Gasteiger partial charge in [0.1, 0.15) is 5.01 Å². The van der Waals surface area contributed by atoms with Crippen molar-refractivity contribution in [2.45, 2.75) is 12.8 Å². The predicted octanol–water partition coefficient (Wildman–Crippen LogP) is 3.22. The van der Waals surface area contributed by atoms with Gasteiger partial charge in [0.15, 0.2) is 0 Å². The van der Waals surface area contributed by atoms with Gasteiger partial charge in [-0.25, -0.2) is 4.98 Å². The minimum atomic E-state index is 0.747. The standard InChI is InChI=1S/C15H19N3S/c1-4-13(15-17-7-8-19-15)9-14(5-1)18-11-12-3-2-6-16-10-12/h1,4-5,7-9,12,16,18H,2-3,6,10-11H2. The summed E-state index contributed by atoms with van der Waals surface area (Å²) in [7, 11) is 0. The molecule has 0 aliphatic carbocycles. The molecule has 1 unspecified atom stereocenters. The number of aromatic nitrogens is 1. The molecule has 0 saturated carbocycles. The Morgan fingerprint density at radius 3 is 3.21 bits per heavy atom. The zero-order valence-corrected chi connectivity index (χ0v) is 11.7. The summed E-state index contributed by atoms with van der Waals surface area (Å²) in [5.74, 6) is 0.747. The van der Waals surface area contributed by atoms with E-state index in [1.54, 1.807) is 11.3 Å². The molecule has 2 heterocycles. The molecule has 19 heavy (non-hydrogen) atoms. The van der Waals surface area contributed by atoms with E-state index < -0.39 is 0 Å². The van der Waals surface area contributed by atoms with Gasteiger partial charge >= 0.3 is 0 Å². The van der Waals surface area contributed by atoms with Crippen LogP contribution in [0.25, 0.3) is 10.6 Å². The van der Waals surface area contributed by atoms with Gasteiger partial charge in [-0.2, -0.15) is 0 Å². The quantitative estimate of drug-likeness (QED) is 0.898. The van der Waals surface area contributed by atoms with Gasteiger partial charge in [0.2, 0.25) is 0 Å². The Hall–Kier alpha value is -1.39. The highest BCUT2D eigenvalue weighted by Crippen LogP contribution is 2.24. The maximum absolute atomic E-state index is 4.36. The second-order valence-electron chi connectivity index (χ2n) is 5.01. The van der Waals surface area contributed by atoms with Crippen molar-refractivity contribution in [2.24, 2.45) is 5.92 Å². The van der Waals surface area contributed by atoms with E-state index in [-0.39, 0.29) is 0 Å². The Bertz CT molecular complexity index is 504. The van der Waals surface area contributed by atoms with Crippen LogP contribution in [-0.2, 0) is 0 Å². The van der Waals surface area contributed by atoms with Crippen molar-refractivity contribution in [3.8, 4) is 10.6 Å². The van der Waals surface area contributed by atoms with E-state index >= 15 is 0 Å². The third kappa shape index (κ3) is 3.33. The summed E-state index contributed by atoms with van der Waals surface area (Å²) < 4.78 is 0. The Labute approximate surface area is 118 Å². The molecule has 1 aliphatic heterocycles. The van der Waals surface area contributed by atoms with Gasteiger partial charge < -0.3 is 10.6 Å². The summed E-state index contributed by atoms with van der Waals surface area (Å²) in [4.78, 5) is 4.36. The summed E-state index contributed by atoms with van der Waals surface area (Å²) in [6.45, 7) is 3.36. The molecular weight excluding hydrogens is 254 g/mol. The first-order valence-electron chi connectivity index (χ1n) is 6.86. The lowest BCUT2D eigenvalue weighted by Gasteiger charge is -2.23. The lowest BCUT2D eigenvalue weighted by molar-refractivity contribution is 0.393. The lowest BCUT2D eigenvalue weighted by Crippen LogP contribution is -2.33. The average molecular weight is 273 g/mol. The fraction of sp³-hybridized carbons (Fsp3) is 0.400. The van der Waals surface area contributed by atoms with E-state index in [9.17, 15) is 0 Å². The molecule has 3 rings (SSSR count). The minimum Gasteiger partial charge on any atom is -0.385 e. The molecule has 3 nitrogen and oxygen atoms in total. The Kier molecular flexibility index (Phi) is 4.10. The summed E-state index contributed by atoms with van der Waals surface area (Å²) in [5.41, 5.74) is 2.39. The van der Waals surface area contributed by atoms with Crippen molar-refractivity contribution >= 4 is 17.0 Å². The Balaban J connectivity index is 1.63. The maximum Gasteiger partial charge on any atom is 0.123 e. The van der Waals surface area contributed by atoms with Crippen LogP contribution in [0.15, 0.2) is 35.8 Å². The molecule has 0 bridgehead atoms. The summed E-state index contributed by atoms with van der Waals surface area (Å²) >= 11 is 1.68. The maximum atomic E-state index is 4.36. The SMILES string of the molecule is c1cc(NCC2CCCNC2)cc(-c2nccs2)c1. The fourth-order valence-electron chi connectivity index (χ4n) is 2.49. The Morgan fingerprint density at radius 2 is 2.42 bits per heavy atom. The van der Waals surface area contributed by atoms with Crippen LogP contribution in [0.4, 0.5) is 5.69 Å². The van der Waals surface area contributed by atoms with Crippen molar-refractivity contribution in [1.29, 1.82) is 0 Å². The molecule has 2 N–H and O–H groups in total. The van der Waals surface area contributed by atoms with Crippen molar-refractivity contribution in [1.82, 2.24) is 10.3 Å². The molecular formula is C15H19N3S. The molecule has 1 aromatic heterocycles. The number of benzene rings is 1. The predicted molar refractivity (Wildman–Crippen MR) is 81.6 cm³/mol. The molecule has 0 spiro atoms. The van der Waals surface area contributed by atoms with Crippen LogP contribution in [-0.4, -0.2) is 24.6 Å². The van der Waals surface area contributed by atoms with Crippen LogP contribution >= 0.6 is 11.3 Å². The number of hydrogen-bond acceptors (Lipinski definition) is 4. The first-order valence-corrected chi connectivity index (χ1v) is 7.74. The third-order valence-corrected chi connectivity index (χ3v) is 4.36. The van der Waals surface area contributed by atoms with Crippen LogP contribution in [0.2, 0.25) is 0 Å². The third-order valence-electron chi connectivity index (χ3n) is 3.54. The van der Waals surface area contributed by atoms with Crippen molar-refractivity contribution in [3.05, 3.63) is 35.8 Å². The molecule has 1 fully saturated rings. The molecule has 0 radical (unpaired) electrons. The molecule has 1 atom stereocenters. The van der Waals surface area contributed by atoms with E-state index in [1.807, 2.05) is 11.6 Å². The highest BCUT2D eigenvalue weighted by atomic mass is 32.1. The van der Waals surface area contributed by atoms with E-state index in [0.717, 1.165) is 24.0 Å². The number of thiazole rings is 1. The van der Waals surface area contributed by atoms with E-state index in [2.05, 4.69) is 39.9 Å². The number of nitrogens with zero attached hydrogens (tertiary/aromatic N) is 1. The summed E-state index contributed by atoms with van der Waals surface area (Å²) in [6.07, 6.45) is 4.48. The van der Waals surface area contributed by atoms with E-state index in [1.165, 1.54) is 30.6 Å². The first-order chi connectivity index (χ1) is 9.42. The second-order valence-corrected chi connectivity index (χ2v) is 5.91. The largest absolute Gasteiger partial charge is 0.385 e. The number of nitrogens with one attached hydrogen (secondary N) is 2. The van der Waals surface area contributed by atoms with Crippen molar-refractivity contribution in [3.63, 3.8) is 0 Å². The normalized spacial score (nSPS) is 19.3. The van der Waals surface area contributed by atoms with Crippen molar-refractivity contribution in [2.75, 3.05) is 25.0 Å².